The van der Waals surface area contributed by atoms with E-state index in [1.807, 2.05) is 5.38 Å². The van der Waals surface area contributed by atoms with Crippen molar-refractivity contribution < 1.29 is 9.90 Å². The van der Waals surface area contributed by atoms with Crippen LogP contribution in [0, 0.1) is 0 Å². The van der Waals surface area contributed by atoms with Gasteiger partial charge in [-0.25, -0.2) is 9.97 Å². The van der Waals surface area contributed by atoms with Crippen molar-refractivity contribution >= 4 is 38.7 Å². The largest absolute Gasteiger partial charge is 0.396 e. The van der Waals surface area contributed by atoms with E-state index in [0.29, 0.717) is 18.1 Å². The summed E-state index contributed by atoms with van der Waals surface area (Å²) in [7, 11) is 0. The maximum absolute atomic E-state index is 10.9. The molecule has 0 unspecified atom stereocenters. The number of rotatable bonds is 6. The van der Waals surface area contributed by atoms with Crippen LogP contribution in [0.2, 0.25) is 0 Å². The van der Waals surface area contributed by atoms with Gasteiger partial charge in [0.15, 0.2) is 5.13 Å². The van der Waals surface area contributed by atoms with Crippen molar-refractivity contribution in [2.24, 2.45) is 0 Å². The van der Waals surface area contributed by atoms with Crippen LogP contribution in [0.25, 0.3) is 10.7 Å². The summed E-state index contributed by atoms with van der Waals surface area (Å²) >= 11 is 2.87. The molecule has 2 aromatic rings. The zero-order chi connectivity index (χ0) is 13.7. The molecule has 0 atom stereocenters. The van der Waals surface area contributed by atoms with Gasteiger partial charge in [-0.1, -0.05) is 11.3 Å². The Labute approximate surface area is 118 Å². The van der Waals surface area contributed by atoms with Crippen molar-refractivity contribution in [1.82, 2.24) is 9.97 Å². The molecule has 0 saturated carbocycles. The molecule has 19 heavy (non-hydrogen) atoms. The van der Waals surface area contributed by atoms with Gasteiger partial charge in [-0.2, -0.15) is 0 Å². The number of nitrogens with one attached hydrogen (secondary N) is 2. The number of aromatic nitrogens is 2. The van der Waals surface area contributed by atoms with E-state index in [1.165, 1.54) is 29.6 Å². The number of hydrogen-bond donors (Lipinski definition) is 3. The highest BCUT2D eigenvalue weighted by molar-refractivity contribution is 7.19. The van der Waals surface area contributed by atoms with Crippen molar-refractivity contribution in [3.63, 3.8) is 0 Å². The Morgan fingerprint density at radius 2 is 2.37 bits per heavy atom. The van der Waals surface area contributed by atoms with E-state index in [2.05, 4.69) is 20.6 Å². The Morgan fingerprint density at radius 3 is 3.11 bits per heavy atom. The summed E-state index contributed by atoms with van der Waals surface area (Å²) in [5.74, 6) is -0.133. The predicted molar refractivity (Wildman–Crippen MR) is 77.7 cm³/mol. The summed E-state index contributed by atoms with van der Waals surface area (Å²) in [6.45, 7) is 2.34. The van der Waals surface area contributed by atoms with Gasteiger partial charge in [0, 0.05) is 25.5 Å². The molecule has 0 aliphatic heterocycles. The van der Waals surface area contributed by atoms with Gasteiger partial charge >= 0.3 is 0 Å². The van der Waals surface area contributed by atoms with Crippen molar-refractivity contribution in [2.75, 3.05) is 23.8 Å². The van der Waals surface area contributed by atoms with Crippen LogP contribution >= 0.6 is 22.7 Å². The van der Waals surface area contributed by atoms with Crippen molar-refractivity contribution in [2.45, 2.75) is 13.3 Å². The van der Waals surface area contributed by atoms with Crippen molar-refractivity contribution in [3.05, 3.63) is 11.6 Å². The van der Waals surface area contributed by atoms with Crippen LogP contribution in [0.3, 0.4) is 0 Å². The highest BCUT2D eigenvalue weighted by Gasteiger charge is 2.09. The summed E-state index contributed by atoms with van der Waals surface area (Å²) in [6, 6.07) is 0. The SMILES string of the molecule is CC(=O)Nc1nc(-c2ncc(NCCCO)s2)cs1. The Kier molecular flexibility index (Phi) is 4.83. The van der Waals surface area contributed by atoms with Gasteiger partial charge in [-0.3, -0.25) is 4.79 Å². The van der Waals surface area contributed by atoms with E-state index >= 15 is 0 Å². The van der Waals surface area contributed by atoms with Gasteiger partial charge in [0.05, 0.1) is 6.20 Å². The Balaban J connectivity index is 2.01. The first-order chi connectivity index (χ1) is 9.19. The van der Waals surface area contributed by atoms with E-state index < -0.39 is 0 Å². The molecule has 2 aromatic heterocycles. The number of thiazole rings is 2. The average Bonchev–Trinajstić information content (AvgIpc) is 2.97. The second-order valence-corrected chi connectivity index (χ2v) is 5.64. The molecule has 1 amide bonds. The molecule has 8 heteroatoms. The third kappa shape index (κ3) is 3.98. The molecular formula is C11H14N4O2S2. The topological polar surface area (TPSA) is 87.1 Å². The summed E-state index contributed by atoms with van der Waals surface area (Å²) in [5.41, 5.74) is 0.758. The minimum atomic E-state index is -0.133. The summed E-state index contributed by atoms with van der Waals surface area (Å²) in [4.78, 5) is 19.5. The van der Waals surface area contributed by atoms with Crippen molar-refractivity contribution in [3.8, 4) is 10.7 Å². The molecule has 0 fully saturated rings. The highest BCUT2D eigenvalue weighted by Crippen LogP contribution is 2.30. The van der Waals surface area contributed by atoms with Gasteiger partial charge < -0.3 is 15.7 Å². The smallest absolute Gasteiger partial charge is 0.223 e. The number of aliphatic hydroxyl groups excluding tert-OH is 1. The number of nitrogens with zero attached hydrogens (tertiary/aromatic N) is 2. The van der Waals surface area contributed by atoms with E-state index in [1.54, 1.807) is 6.20 Å². The standard InChI is InChI=1S/C11H14N4O2S2/c1-7(17)14-11-15-8(6-18-11)10-13-5-9(19-10)12-3-2-4-16/h5-6,12,16H,2-4H2,1H3,(H,14,15,17). The molecule has 3 N–H and O–H groups in total. The molecular weight excluding hydrogens is 284 g/mol. The van der Waals surface area contributed by atoms with Crippen molar-refractivity contribution in [1.29, 1.82) is 0 Å². The van der Waals surface area contributed by atoms with Crippen LogP contribution in [0.4, 0.5) is 10.1 Å². The van der Waals surface area contributed by atoms with Crippen LogP contribution in [-0.2, 0) is 4.79 Å². The Morgan fingerprint density at radius 1 is 1.53 bits per heavy atom. The lowest BCUT2D eigenvalue weighted by Gasteiger charge is -1.98. The Hall–Kier alpha value is -1.51. The third-order valence-electron chi connectivity index (χ3n) is 2.15. The summed E-state index contributed by atoms with van der Waals surface area (Å²) in [5, 5.41) is 18.7. The van der Waals surface area contributed by atoms with E-state index in [0.717, 1.165) is 15.7 Å². The van der Waals surface area contributed by atoms with E-state index in [-0.39, 0.29) is 12.5 Å². The first-order valence-electron chi connectivity index (χ1n) is 5.73. The van der Waals surface area contributed by atoms with Crippen LogP contribution in [0.1, 0.15) is 13.3 Å². The number of carbonyl (C=O) groups excluding carboxylic acids is 1. The minimum Gasteiger partial charge on any atom is -0.396 e. The van der Waals surface area contributed by atoms with Crippen LogP contribution in [0.5, 0.6) is 0 Å². The van der Waals surface area contributed by atoms with Crippen LogP contribution < -0.4 is 10.6 Å². The van der Waals surface area contributed by atoms with Gasteiger partial charge in [0.2, 0.25) is 5.91 Å². The van der Waals surface area contributed by atoms with Crippen LogP contribution in [0.15, 0.2) is 11.6 Å². The molecule has 2 rings (SSSR count). The second-order valence-electron chi connectivity index (χ2n) is 3.75. The first-order valence-corrected chi connectivity index (χ1v) is 7.42. The molecule has 0 aliphatic carbocycles. The summed E-state index contributed by atoms with van der Waals surface area (Å²) < 4.78 is 0. The zero-order valence-electron chi connectivity index (χ0n) is 10.3. The Bertz CT molecular complexity index is 552. The fourth-order valence-corrected chi connectivity index (χ4v) is 2.96. The number of aliphatic hydroxyl groups is 1. The number of hydrogen-bond acceptors (Lipinski definition) is 7. The highest BCUT2D eigenvalue weighted by atomic mass is 32.1. The van der Waals surface area contributed by atoms with E-state index in [9.17, 15) is 4.79 Å². The normalized spacial score (nSPS) is 10.4. The maximum atomic E-state index is 10.9. The van der Waals surface area contributed by atoms with Crippen LogP contribution in [-0.4, -0.2) is 34.1 Å². The molecule has 0 aliphatic rings. The predicted octanol–water partition coefficient (Wildman–Crippen LogP) is 2.02. The fraction of sp³-hybridized carbons (Fsp3) is 0.364. The second kappa shape index (κ2) is 6.60. The average molecular weight is 298 g/mol. The lowest BCUT2D eigenvalue weighted by atomic mass is 10.4. The molecule has 6 nitrogen and oxygen atoms in total. The number of amides is 1. The van der Waals surface area contributed by atoms with Gasteiger partial charge in [-0.05, 0) is 6.42 Å². The van der Waals surface area contributed by atoms with Gasteiger partial charge in [-0.15, -0.1) is 11.3 Å². The quantitative estimate of drug-likeness (QED) is 0.710. The monoisotopic (exact) mass is 298 g/mol. The molecule has 0 spiro atoms. The molecule has 0 saturated heterocycles. The first kappa shape index (κ1) is 13.9. The fourth-order valence-electron chi connectivity index (χ4n) is 1.34. The van der Waals surface area contributed by atoms with Gasteiger partial charge in [0.25, 0.3) is 0 Å². The summed E-state index contributed by atoms with van der Waals surface area (Å²) in [6.07, 6.45) is 2.45. The zero-order valence-corrected chi connectivity index (χ0v) is 12.0. The molecule has 0 aromatic carbocycles. The number of carbonyl (C=O) groups is 1. The number of anilines is 2. The maximum Gasteiger partial charge on any atom is 0.223 e. The lowest BCUT2D eigenvalue weighted by molar-refractivity contribution is -0.114. The molecule has 102 valence electrons. The molecule has 0 bridgehead atoms. The van der Waals surface area contributed by atoms with Gasteiger partial charge in [0.1, 0.15) is 15.7 Å². The third-order valence-corrected chi connectivity index (χ3v) is 3.88. The van der Waals surface area contributed by atoms with E-state index in [4.69, 9.17) is 5.11 Å². The molecule has 0 radical (unpaired) electrons. The molecule has 2 heterocycles. The minimum absolute atomic E-state index is 0.133. The lowest BCUT2D eigenvalue weighted by Crippen LogP contribution is -2.04.